The first-order valence-electron chi connectivity index (χ1n) is 6.43. The van der Waals surface area contributed by atoms with Gasteiger partial charge in [-0.25, -0.2) is 0 Å². The predicted molar refractivity (Wildman–Crippen MR) is 85.9 cm³/mol. The summed E-state index contributed by atoms with van der Waals surface area (Å²) in [4.78, 5) is 15.5. The Morgan fingerprint density at radius 2 is 2.37 bits per heavy atom. The maximum Gasteiger partial charge on any atom is 0.239 e. The molecule has 3 nitrogen and oxygen atoms in total. The van der Waals surface area contributed by atoms with E-state index in [9.17, 15) is 4.79 Å². The van der Waals surface area contributed by atoms with Crippen LogP contribution in [0, 0.1) is 0 Å². The van der Waals surface area contributed by atoms with Crippen molar-refractivity contribution in [1.82, 2.24) is 4.90 Å². The third-order valence-electron chi connectivity index (χ3n) is 3.33. The molecule has 0 aromatic carbocycles. The van der Waals surface area contributed by atoms with Gasteiger partial charge in [-0.05, 0) is 40.4 Å². The van der Waals surface area contributed by atoms with Crippen molar-refractivity contribution < 1.29 is 4.79 Å². The van der Waals surface area contributed by atoms with E-state index in [4.69, 9.17) is 5.73 Å². The van der Waals surface area contributed by atoms with Gasteiger partial charge in [0.25, 0.3) is 0 Å². The summed E-state index contributed by atoms with van der Waals surface area (Å²) in [7, 11) is 0. The van der Waals surface area contributed by atoms with Gasteiger partial charge in [0.05, 0.1) is 9.83 Å². The third-order valence-corrected chi connectivity index (χ3v) is 5.07. The maximum absolute atomic E-state index is 12.2. The van der Waals surface area contributed by atoms with Gasteiger partial charge in [-0.1, -0.05) is 19.8 Å². The summed E-state index contributed by atoms with van der Waals surface area (Å²) in [5, 5.41) is 0. The number of fused-ring (bicyclic) bond motifs is 1. The minimum Gasteiger partial charge on any atom is -0.337 e. The second-order valence-corrected chi connectivity index (χ2v) is 7.27. The minimum atomic E-state index is -0.325. The van der Waals surface area contributed by atoms with Gasteiger partial charge in [-0.2, -0.15) is 0 Å². The Labute approximate surface area is 133 Å². The van der Waals surface area contributed by atoms with E-state index < -0.39 is 0 Å². The molecule has 1 aromatic rings. The number of nitrogens with zero attached hydrogens (tertiary/aromatic N) is 1. The highest BCUT2D eigenvalue weighted by Crippen LogP contribution is 2.31. The van der Waals surface area contributed by atoms with E-state index >= 15 is 0 Å². The molecule has 0 saturated carbocycles. The molecule has 0 radical (unpaired) electrons. The van der Waals surface area contributed by atoms with Crippen molar-refractivity contribution >= 4 is 45.6 Å². The molecule has 6 heteroatoms. The number of thiophene rings is 1. The summed E-state index contributed by atoms with van der Waals surface area (Å²) in [5.74, 6) is 0.108. The summed E-state index contributed by atoms with van der Waals surface area (Å²) in [5.41, 5.74) is 7.23. The zero-order valence-corrected chi connectivity index (χ0v) is 14.2. The smallest absolute Gasteiger partial charge is 0.239 e. The number of hydrogen-bond acceptors (Lipinski definition) is 3. The van der Waals surface area contributed by atoms with Crippen LogP contribution < -0.4 is 5.73 Å². The van der Waals surface area contributed by atoms with Crippen molar-refractivity contribution in [3.8, 4) is 0 Å². The number of amides is 1. The second kappa shape index (κ2) is 7.62. The molecule has 2 rings (SSSR count). The molecule has 1 unspecified atom stereocenters. The normalized spacial score (nSPS) is 15.6. The zero-order valence-electron chi connectivity index (χ0n) is 11.0. The topological polar surface area (TPSA) is 46.3 Å². The van der Waals surface area contributed by atoms with Gasteiger partial charge in [0.15, 0.2) is 0 Å². The predicted octanol–water partition coefficient (Wildman–Crippen LogP) is 3.33. The molecule has 1 aliphatic rings. The lowest BCUT2D eigenvalue weighted by molar-refractivity contribution is -0.133. The third kappa shape index (κ3) is 4.18. The van der Waals surface area contributed by atoms with Gasteiger partial charge in [-0.15, -0.1) is 23.7 Å². The lowest BCUT2D eigenvalue weighted by atomic mass is 10.1. The molecular formula is C13H20BrClN2OS. The van der Waals surface area contributed by atoms with E-state index in [1.54, 1.807) is 11.3 Å². The van der Waals surface area contributed by atoms with E-state index in [2.05, 4.69) is 28.9 Å². The van der Waals surface area contributed by atoms with Crippen LogP contribution in [0.25, 0.3) is 0 Å². The van der Waals surface area contributed by atoms with Crippen LogP contribution in [-0.2, 0) is 17.8 Å². The number of unbranched alkanes of at least 4 members (excludes halogenated alkanes) is 1. The lowest BCUT2D eigenvalue weighted by Gasteiger charge is -2.29. The highest BCUT2D eigenvalue weighted by molar-refractivity contribution is 9.11. The maximum atomic E-state index is 12.2. The molecule has 1 aromatic heterocycles. The number of hydrogen-bond donors (Lipinski definition) is 1. The molecule has 1 aliphatic heterocycles. The lowest BCUT2D eigenvalue weighted by Crippen LogP contribution is -2.45. The number of nitrogens with two attached hydrogens (primary N) is 1. The van der Waals surface area contributed by atoms with Gasteiger partial charge < -0.3 is 10.6 Å². The first-order valence-corrected chi connectivity index (χ1v) is 8.04. The number of halogens is 2. The molecule has 2 N–H and O–H groups in total. The van der Waals surface area contributed by atoms with Crippen LogP contribution in [0.5, 0.6) is 0 Å². The molecule has 0 aliphatic carbocycles. The van der Waals surface area contributed by atoms with Crippen molar-refractivity contribution in [1.29, 1.82) is 0 Å². The molecule has 0 bridgehead atoms. The van der Waals surface area contributed by atoms with Crippen molar-refractivity contribution in [2.45, 2.75) is 45.2 Å². The Morgan fingerprint density at radius 3 is 3.05 bits per heavy atom. The van der Waals surface area contributed by atoms with Crippen LogP contribution in [-0.4, -0.2) is 23.4 Å². The number of carbonyl (C=O) groups is 1. The molecule has 2 heterocycles. The van der Waals surface area contributed by atoms with Crippen LogP contribution in [0.15, 0.2) is 9.85 Å². The first kappa shape index (κ1) is 17.0. The Balaban J connectivity index is 0.00000180. The van der Waals surface area contributed by atoms with E-state index in [0.29, 0.717) is 0 Å². The summed E-state index contributed by atoms with van der Waals surface area (Å²) in [6.07, 6.45) is 3.86. The van der Waals surface area contributed by atoms with Crippen molar-refractivity contribution in [3.63, 3.8) is 0 Å². The molecule has 0 saturated heterocycles. The van der Waals surface area contributed by atoms with Crippen molar-refractivity contribution in [3.05, 3.63) is 20.3 Å². The van der Waals surface area contributed by atoms with Crippen LogP contribution in [0.3, 0.4) is 0 Å². The fourth-order valence-corrected chi connectivity index (χ4v) is 4.01. The van der Waals surface area contributed by atoms with Gasteiger partial charge in [0.1, 0.15) is 0 Å². The Hall–Kier alpha value is -0.100. The highest BCUT2D eigenvalue weighted by Gasteiger charge is 2.25. The fraction of sp³-hybridized carbons (Fsp3) is 0.615. The summed E-state index contributed by atoms with van der Waals surface area (Å²) in [6.45, 7) is 3.64. The average molecular weight is 368 g/mol. The van der Waals surface area contributed by atoms with Gasteiger partial charge >= 0.3 is 0 Å². The van der Waals surface area contributed by atoms with E-state index in [1.807, 2.05) is 4.90 Å². The van der Waals surface area contributed by atoms with Crippen LogP contribution in [0.1, 0.15) is 36.6 Å². The molecule has 1 atom stereocenters. The Morgan fingerprint density at radius 1 is 1.63 bits per heavy atom. The van der Waals surface area contributed by atoms with Gasteiger partial charge in [0, 0.05) is 18.0 Å². The van der Waals surface area contributed by atoms with Gasteiger partial charge in [-0.3, -0.25) is 4.79 Å². The van der Waals surface area contributed by atoms with E-state index in [-0.39, 0.29) is 24.4 Å². The molecule has 1 amide bonds. The van der Waals surface area contributed by atoms with E-state index in [1.165, 1.54) is 10.4 Å². The molecular weight excluding hydrogens is 348 g/mol. The Bertz CT molecular complexity index is 438. The van der Waals surface area contributed by atoms with Crippen LogP contribution >= 0.6 is 39.7 Å². The summed E-state index contributed by atoms with van der Waals surface area (Å²) >= 11 is 5.28. The van der Waals surface area contributed by atoms with Crippen molar-refractivity contribution in [2.24, 2.45) is 5.73 Å². The monoisotopic (exact) mass is 366 g/mol. The first-order chi connectivity index (χ1) is 8.61. The SMILES string of the molecule is CCCCC(N)C(=O)N1CCc2sc(Br)cc2C1.Cl. The van der Waals surface area contributed by atoms with Gasteiger partial charge in [0.2, 0.25) is 5.91 Å². The Kier molecular flexibility index (Phi) is 6.80. The molecule has 0 fully saturated rings. The minimum absolute atomic E-state index is 0. The summed E-state index contributed by atoms with van der Waals surface area (Å²) < 4.78 is 1.15. The zero-order chi connectivity index (χ0) is 13.1. The molecule has 0 spiro atoms. The number of carbonyl (C=O) groups excluding carboxylic acids is 1. The average Bonchev–Trinajstić information content (AvgIpc) is 2.73. The molecule has 108 valence electrons. The van der Waals surface area contributed by atoms with Crippen LogP contribution in [0.2, 0.25) is 0 Å². The van der Waals surface area contributed by atoms with Crippen molar-refractivity contribution in [2.75, 3.05) is 6.54 Å². The molecule has 19 heavy (non-hydrogen) atoms. The second-order valence-electron chi connectivity index (χ2n) is 4.76. The largest absolute Gasteiger partial charge is 0.337 e. The summed E-state index contributed by atoms with van der Waals surface area (Å²) in [6, 6.07) is 1.80. The van der Waals surface area contributed by atoms with Crippen LogP contribution in [0.4, 0.5) is 0 Å². The highest BCUT2D eigenvalue weighted by atomic mass is 79.9. The fourth-order valence-electron chi connectivity index (χ4n) is 2.27. The standard InChI is InChI=1S/C13H19BrN2OS.ClH/c1-2-3-4-10(15)13(17)16-6-5-11-9(8-16)7-12(14)18-11;/h7,10H,2-6,8,15H2,1H3;1H. The number of rotatable bonds is 4. The van der Waals surface area contributed by atoms with E-state index in [0.717, 1.165) is 42.6 Å². The quantitative estimate of drug-likeness (QED) is 0.887.